The van der Waals surface area contributed by atoms with E-state index in [1.54, 1.807) is 11.1 Å². The van der Waals surface area contributed by atoms with Crippen LogP contribution in [0.25, 0.3) is 0 Å². The predicted octanol–water partition coefficient (Wildman–Crippen LogP) is 3.61. The molecule has 0 fully saturated rings. The Morgan fingerprint density at radius 1 is 1.09 bits per heavy atom. The van der Waals surface area contributed by atoms with Crippen molar-refractivity contribution in [1.82, 2.24) is 9.88 Å². The van der Waals surface area contributed by atoms with Crippen molar-refractivity contribution in [2.75, 3.05) is 25.0 Å². The monoisotopic (exact) mass is 311 g/mol. The van der Waals surface area contributed by atoms with E-state index in [1.165, 1.54) is 5.56 Å². The van der Waals surface area contributed by atoms with Crippen molar-refractivity contribution in [1.29, 1.82) is 0 Å². The number of hydrogen-bond acceptors (Lipinski definition) is 3. The lowest BCUT2D eigenvalue weighted by atomic mass is 10.1. The molecule has 0 saturated heterocycles. The Bertz CT molecular complexity index is 592. The number of rotatable bonds is 8. The van der Waals surface area contributed by atoms with Gasteiger partial charge < -0.3 is 10.2 Å². The van der Waals surface area contributed by atoms with Crippen molar-refractivity contribution in [2.45, 2.75) is 26.7 Å². The lowest BCUT2D eigenvalue weighted by Gasteiger charge is -2.18. The minimum absolute atomic E-state index is 0.0399. The first-order valence-electron chi connectivity index (χ1n) is 8.27. The number of nitrogens with zero attached hydrogens (tertiary/aromatic N) is 2. The van der Waals surface area contributed by atoms with Gasteiger partial charge in [-0.2, -0.15) is 0 Å². The van der Waals surface area contributed by atoms with Crippen molar-refractivity contribution >= 4 is 11.7 Å². The highest BCUT2D eigenvalue weighted by molar-refractivity contribution is 5.94. The Hall–Kier alpha value is -2.36. The lowest BCUT2D eigenvalue weighted by molar-refractivity contribution is 0.0772. The zero-order valence-electron chi connectivity index (χ0n) is 14.0. The molecule has 2 rings (SSSR count). The minimum atomic E-state index is 0.0399. The molecule has 1 amide bonds. The first kappa shape index (κ1) is 17.0. The van der Waals surface area contributed by atoms with E-state index in [-0.39, 0.29) is 5.91 Å². The van der Waals surface area contributed by atoms with Crippen LogP contribution in [-0.4, -0.2) is 35.4 Å². The second-order valence-electron chi connectivity index (χ2n) is 5.43. The number of carbonyl (C=O) groups excluding carboxylic acids is 1. The zero-order valence-corrected chi connectivity index (χ0v) is 14.0. The smallest absolute Gasteiger partial charge is 0.255 e. The summed E-state index contributed by atoms with van der Waals surface area (Å²) >= 11 is 0. The third-order valence-electron chi connectivity index (χ3n) is 3.85. The van der Waals surface area contributed by atoms with E-state index in [4.69, 9.17) is 0 Å². The Morgan fingerprint density at radius 2 is 1.83 bits per heavy atom. The zero-order chi connectivity index (χ0) is 16.5. The number of amides is 1. The van der Waals surface area contributed by atoms with Crippen LogP contribution in [0.1, 0.15) is 36.2 Å². The van der Waals surface area contributed by atoms with Gasteiger partial charge in [-0.05, 0) is 44.4 Å². The summed E-state index contributed by atoms with van der Waals surface area (Å²) in [5.41, 5.74) is 1.99. The number of anilines is 1. The molecule has 23 heavy (non-hydrogen) atoms. The van der Waals surface area contributed by atoms with Crippen LogP contribution in [-0.2, 0) is 6.42 Å². The van der Waals surface area contributed by atoms with Gasteiger partial charge in [0.2, 0.25) is 0 Å². The van der Waals surface area contributed by atoms with E-state index >= 15 is 0 Å². The third-order valence-corrected chi connectivity index (χ3v) is 3.85. The molecule has 1 heterocycles. The van der Waals surface area contributed by atoms with E-state index in [9.17, 15) is 4.79 Å². The molecule has 0 unspecified atom stereocenters. The molecule has 1 N–H and O–H groups in total. The Morgan fingerprint density at radius 3 is 2.43 bits per heavy atom. The topological polar surface area (TPSA) is 45.2 Å². The molecule has 0 aliphatic carbocycles. The quantitative estimate of drug-likeness (QED) is 0.758. The molecule has 1 aromatic heterocycles. The number of pyridine rings is 1. The minimum Gasteiger partial charge on any atom is -0.370 e. The van der Waals surface area contributed by atoms with Crippen molar-refractivity contribution in [3.8, 4) is 0 Å². The van der Waals surface area contributed by atoms with Crippen LogP contribution >= 0.6 is 0 Å². The molecule has 4 nitrogen and oxygen atoms in total. The highest BCUT2D eigenvalue weighted by Gasteiger charge is 2.12. The maximum atomic E-state index is 12.2. The molecule has 0 radical (unpaired) electrons. The highest BCUT2D eigenvalue weighted by atomic mass is 16.2. The van der Waals surface area contributed by atoms with E-state index in [1.807, 2.05) is 32.0 Å². The summed E-state index contributed by atoms with van der Waals surface area (Å²) < 4.78 is 0. The van der Waals surface area contributed by atoms with Gasteiger partial charge in [-0.1, -0.05) is 30.3 Å². The summed E-state index contributed by atoms with van der Waals surface area (Å²) in [7, 11) is 0. The van der Waals surface area contributed by atoms with Crippen LogP contribution in [0.2, 0.25) is 0 Å². The molecule has 0 spiro atoms. The predicted molar refractivity (Wildman–Crippen MR) is 94.7 cm³/mol. The second kappa shape index (κ2) is 8.93. The van der Waals surface area contributed by atoms with Gasteiger partial charge in [-0.3, -0.25) is 4.79 Å². The normalized spacial score (nSPS) is 10.3. The molecule has 2 aromatic rings. The second-order valence-corrected chi connectivity index (χ2v) is 5.43. The molecule has 0 saturated carbocycles. The van der Waals surface area contributed by atoms with Crippen LogP contribution in [0.15, 0.2) is 48.7 Å². The first-order chi connectivity index (χ1) is 11.2. The van der Waals surface area contributed by atoms with Gasteiger partial charge in [0, 0.05) is 25.8 Å². The maximum absolute atomic E-state index is 12.2. The largest absolute Gasteiger partial charge is 0.370 e. The summed E-state index contributed by atoms with van der Waals surface area (Å²) in [5, 5.41) is 3.30. The molecule has 0 aliphatic heterocycles. The average Bonchev–Trinajstić information content (AvgIpc) is 2.61. The molecular weight excluding hydrogens is 286 g/mol. The maximum Gasteiger partial charge on any atom is 0.255 e. The summed E-state index contributed by atoms with van der Waals surface area (Å²) in [6.07, 6.45) is 3.75. The first-order valence-corrected chi connectivity index (χ1v) is 8.27. The van der Waals surface area contributed by atoms with Crippen LogP contribution in [0.4, 0.5) is 5.82 Å². The number of carbonyl (C=O) groups is 1. The average molecular weight is 311 g/mol. The van der Waals surface area contributed by atoms with Gasteiger partial charge in [0.1, 0.15) is 5.82 Å². The highest BCUT2D eigenvalue weighted by Crippen LogP contribution is 2.09. The molecule has 0 bridgehead atoms. The molecule has 0 atom stereocenters. The number of aryl methyl sites for hydroxylation is 1. The van der Waals surface area contributed by atoms with Crippen molar-refractivity contribution in [2.24, 2.45) is 0 Å². The van der Waals surface area contributed by atoms with Gasteiger partial charge in [-0.25, -0.2) is 4.98 Å². The summed E-state index contributed by atoms with van der Waals surface area (Å²) in [5.74, 6) is 0.854. The molecule has 1 aromatic carbocycles. The third kappa shape index (κ3) is 5.09. The van der Waals surface area contributed by atoms with Crippen molar-refractivity contribution < 1.29 is 4.79 Å². The molecular formula is C19H25N3O. The lowest BCUT2D eigenvalue weighted by Crippen LogP contribution is -2.30. The van der Waals surface area contributed by atoms with Crippen LogP contribution in [0.3, 0.4) is 0 Å². The van der Waals surface area contributed by atoms with E-state index in [0.717, 1.165) is 38.3 Å². The van der Waals surface area contributed by atoms with Gasteiger partial charge in [0.05, 0.1) is 5.56 Å². The van der Waals surface area contributed by atoms with E-state index in [2.05, 4.69) is 34.6 Å². The number of benzene rings is 1. The fourth-order valence-electron chi connectivity index (χ4n) is 2.47. The number of aromatic nitrogens is 1. The van der Waals surface area contributed by atoms with Crippen molar-refractivity contribution in [3.63, 3.8) is 0 Å². The molecule has 0 aliphatic rings. The van der Waals surface area contributed by atoms with Gasteiger partial charge in [0.25, 0.3) is 5.91 Å². The summed E-state index contributed by atoms with van der Waals surface area (Å²) in [6.45, 7) is 6.27. The van der Waals surface area contributed by atoms with Crippen molar-refractivity contribution in [3.05, 3.63) is 59.8 Å². The van der Waals surface area contributed by atoms with Gasteiger partial charge >= 0.3 is 0 Å². The number of hydrogen-bond donors (Lipinski definition) is 1. The molecule has 4 heteroatoms. The van der Waals surface area contributed by atoms with E-state index in [0.29, 0.717) is 5.56 Å². The summed E-state index contributed by atoms with van der Waals surface area (Å²) in [6, 6.07) is 14.2. The fourth-order valence-corrected chi connectivity index (χ4v) is 2.47. The summed E-state index contributed by atoms with van der Waals surface area (Å²) in [4.78, 5) is 18.3. The van der Waals surface area contributed by atoms with E-state index < -0.39 is 0 Å². The Labute approximate surface area is 138 Å². The SMILES string of the molecule is CCN(CC)C(=O)c1ccc(NCCCc2ccccc2)nc1. The standard InChI is InChI=1S/C19H25N3O/c1-3-22(4-2)19(23)17-12-13-18(21-15-17)20-14-8-11-16-9-6-5-7-10-16/h5-7,9-10,12-13,15H,3-4,8,11,14H2,1-2H3,(H,20,21). The Kier molecular flexibility index (Phi) is 6.60. The fraction of sp³-hybridized carbons (Fsp3) is 0.368. The van der Waals surface area contributed by atoms with Gasteiger partial charge in [0.15, 0.2) is 0 Å². The van der Waals surface area contributed by atoms with Crippen LogP contribution < -0.4 is 5.32 Å². The number of nitrogens with one attached hydrogen (secondary N) is 1. The van der Waals surface area contributed by atoms with Gasteiger partial charge in [-0.15, -0.1) is 0 Å². The van der Waals surface area contributed by atoms with Crippen LogP contribution in [0.5, 0.6) is 0 Å². The molecule has 122 valence electrons. The van der Waals surface area contributed by atoms with Crippen LogP contribution in [0, 0.1) is 0 Å². The Balaban J connectivity index is 1.80.